The first kappa shape index (κ1) is 23.8. The van der Waals surface area contributed by atoms with Gasteiger partial charge in [0.1, 0.15) is 5.52 Å². The van der Waals surface area contributed by atoms with Crippen LogP contribution in [0.4, 0.5) is 5.82 Å². The summed E-state index contributed by atoms with van der Waals surface area (Å²) in [6.07, 6.45) is 10.9. The van der Waals surface area contributed by atoms with Crippen LogP contribution in [0.15, 0.2) is 55.8 Å². The van der Waals surface area contributed by atoms with Crippen molar-refractivity contribution in [3.8, 4) is 0 Å². The summed E-state index contributed by atoms with van der Waals surface area (Å²) in [6.45, 7) is 16.0. The van der Waals surface area contributed by atoms with E-state index in [4.69, 9.17) is 24.4 Å². The molecule has 1 aliphatic rings. The monoisotopic (exact) mass is 436 g/mol. The van der Waals surface area contributed by atoms with Gasteiger partial charge in [0.15, 0.2) is 17.4 Å². The molecule has 2 aromatic rings. The number of allylic oxidation sites excluding steroid dienone is 6. The Bertz CT molecular complexity index is 1020. The van der Waals surface area contributed by atoms with Crippen molar-refractivity contribution in [3.05, 3.63) is 67.2 Å². The second-order valence-electron chi connectivity index (χ2n) is 8.22. The lowest BCUT2D eigenvalue weighted by Crippen LogP contribution is -2.37. The highest BCUT2D eigenvalue weighted by Gasteiger charge is 2.21. The number of hydrogen-bond donors (Lipinski definition) is 1. The molecular weight excluding hydrogens is 404 g/mol. The second-order valence-corrected chi connectivity index (χ2v) is 8.22. The summed E-state index contributed by atoms with van der Waals surface area (Å²) >= 11 is 0. The van der Waals surface area contributed by atoms with Gasteiger partial charge in [-0.05, 0) is 25.5 Å². The molecule has 0 aliphatic carbocycles. The molecule has 7 nitrogen and oxygen atoms in total. The minimum atomic E-state index is -1.18. The van der Waals surface area contributed by atoms with Crippen LogP contribution in [-0.2, 0) is 9.47 Å². The zero-order chi connectivity index (χ0) is 23.1. The molecule has 2 aromatic heterocycles. The van der Waals surface area contributed by atoms with Gasteiger partial charge < -0.3 is 19.5 Å². The van der Waals surface area contributed by atoms with Crippen LogP contribution in [0.25, 0.3) is 16.6 Å². The zero-order valence-corrected chi connectivity index (χ0v) is 19.1. The van der Waals surface area contributed by atoms with E-state index in [1.165, 1.54) is 0 Å². The third kappa shape index (κ3) is 6.09. The molecule has 1 aliphatic heterocycles. The van der Waals surface area contributed by atoms with Crippen molar-refractivity contribution in [2.75, 3.05) is 37.8 Å². The van der Waals surface area contributed by atoms with Gasteiger partial charge in [-0.2, -0.15) is 0 Å². The predicted octanol–water partition coefficient (Wildman–Crippen LogP) is 4.02. The summed E-state index contributed by atoms with van der Waals surface area (Å²) in [7, 11) is 0. The molecule has 0 aromatic carbocycles. The molecule has 32 heavy (non-hydrogen) atoms. The van der Waals surface area contributed by atoms with Crippen LogP contribution in [0, 0.1) is 0 Å². The average Bonchev–Trinajstić information content (AvgIpc) is 2.79. The van der Waals surface area contributed by atoms with Gasteiger partial charge in [0.05, 0.1) is 25.3 Å². The van der Waals surface area contributed by atoms with Crippen molar-refractivity contribution in [1.82, 2.24) is 15.0 Å². The average molecular weight is 437 g/mol. The van der Waals surface area contributed by atoms with Gasteiger partial charge in [-0.15, -0.1) is 0 Å². The first-order chi connectivity index (χ1) is 15.3. The van der Waals surface area contributed by atoms with Crippen LogP contribution < -0.4 is 4.90 Å². The van der Waals surface area contributed by atoms with E-state index < -0.39 is 5.79 Å². The summed E-state index contributed by atoms with van der Waals surface area (Å²) in [5.74, 6) is 0.241. The fourth-order valence-electron chi connectivity index (χ4n) is 3.34. The minimum Gasteiger partial charge on any atom is -0.378 e. The maximum absolute atomic E-state index is 9.88. The van der Waals surface area contributed by atoms with Gasteiger partial charge in [-0.1, -0.05) is 50.5 Å². The van der Waals surface area contributed by atoms with Crippen molar-refractivity contribution in [2.24, 2.45) is 0 Å². The summed E-state index contributed by atoms with van der Waals surface area (Å²) in [5, 5.41) is 9.88. The lowest BCUT2D eigenvalue weighted by Gasteiger charge is -2.28. The molecule has 0 amide bonds. The quantitative estimate of drug-likeness (QED) is 0.470. The number of anilines is 1. The molecule has 1 atom stereocenters. The molecule has 3 rings (SSSR count). The van der Waals surface area contributed by atoms with Gasteiger partial charge in [0.2, 0.25) is 0 Å². The van der Waals surface area contributed by atoms with Crippen LogP contribution in [0.2, 0.25) is 0 Å². The van der Waals surface area contributed by atoms with Gasteiger partial charge in [0, 0.05) is 30.8 Å². The van der Waals surface area contributed by atoms with E-state index >= 15 is 0 Å². The second kappa shape index (κ2) is 10.6. The van der Waals surface area contributed by atoms with Crippen LogP contribution in [0.3, 0.4) is 0 Å². The molecule has 0 saturated carbocycles. The van der Waals surface area contributed by atoms with Gasteiger partial charge in [-0.3, -0.25) is 4.98 Å². The normalized spacial score (nSPS) is 16.5. The topological polar surface area (TPSA) is 80.6 Å². The molecule has 0 radical (unpaired) electrons. The number of pyridine rings is 1. The van der Waals surface area contributed by atoms with E-state index in [2.05, 4.69) is 18.1 Å². The molecule has 7 heteroatoms. The fourth-order valence-corrected chi connectivity index (χ4v) is 3.34. The standard InChI is InChI=1S/C25H32N4O3/c1-6-8-10-19(9-7-2)23-27-21-15-20(18(3)17-32-25(4,5)30)16-26-22(21)24(28-23)29-11-13-31-14-12-29/h6-10,15-16,18,30H,1-2,11-14,17H2,3-5H3/b10-8-,19-9+. The van der Waals surface area contributed by atoms with Crippen LogP contribution in [0.5, 0.6) is 0 Å². The van der Waals surface area contributed by atoms with Gasteiger partial charge in [-0.25, -0.2) is 9.97 Å². The number of aromatic nitrogens is 3. The fraction of sp³-hybridized carbons (Fsp3) is 0.400. The molecule has 0 bridgehead atoms. The lowest BCUT2D eigenvalue weighted by atomic mass is 10.0. The SMILES string of the molecule is C=C/C=C\C(=C/C=C)c1nc(N2CCOCC2)c2ncc(C(C)COC(C)(C)O)cc2n1. The first-order valence-corrected chi connectivity index (χ1v) is 10.8. The molecule has 170 valence electrons. The van der Waals surface area contributed by atoms with Crippen molar-refractivity contribution in [3.63, 3.8) is 0 Å². The van der Waals surface area contributed by atoms with Crippen molar-refractivity contribution in [2.45, 2.75) is 32.5 Å². The Morgan fingerprint density at radius 1 is 1.28 bits per heavy atom. The number of rotatable bonds is 9. The Morgan fingerprint density at radius 2 is 2.03 bits per heavy atom. The van der Waals surface area contributed by atoms with Crippen LogP contribution in [-0.4, -0.2) is 58.8 Å². The number of aliphatic hydroxyl groups is 1. The molecule has 1 fully saturated rings. The number of morpholine rings is 1. The smallest absolute Gasteiger partial charge is 0.162 e. The van der Waals surface area contributed by atoms with Crippen molar-refractivity contribution >= 4 is 22.4 Å². The summed E-state index contributed by atoms with van der Waals surface area (Å²) in [5.41, 5.74) is 3.32. The highest BCUT2D eigenvalue weighted by molar-refractivity contribution is 5.88. The third-order valence-electron chi connectivity index (χ3n) is 5.07. The summed E-state index contributed by atoms with van der Waals surface area (Å²) < 4.78 is 11.1. The van der Waals surface area contributed by atoms with Crippen molar-refractivity contribution < 1.29 is 14.6 Å². The largest absolute Gasteiger partial charge is 0.378 e. The molecule has 1 unspecified atom stereocenters. The molecule has 1 N–H and O–H groups in total. The maximum Gasteiger partial charge on any atom is 0.162 e. The maximum atomic E-state index is 9.88. The first-order valence-electron chi connectivity index (χ1n) is 10.8. The Balaban J connectivity index is 2.09. The van der Waals surface area contributed by atoms with E-state index in [-0.39, 0.29) is 5.92 Å². The van der Waals surface area contributed by atoms with Gasteiger partial charge >= 0.3 is 0 Å². The number of ether oxygens (including phenoxy) is 2. The van der Waals surface area contributed by atoms with E-state index in [1.807, 2.05) is 37.4 Å². The number of nitrogens with zero attached hydrogens (tertiary/aromatic N) is 4. The van der Waals surface area contributed by atoms with E-state index in [9.17, 15) is 5.11 Å². The Kier molecular flexibility index (Phi) is 7.90. The van der Waals surface area contributed by atoms with Gasteiger partial charge in [0.25, 0.3) is 0 Å². The Hall–Kier alpha value is -2.87. The van der Waals surface area contributed by atoms with Crippen molar-refractivity contribution in [1.29, 1.82) is 0 Å². The number of fused-ring (bicyclic) bond motifs is 1. The molecule has 3 heterocycles. The van der Waals surface area contributed by atoms with E-state index in [0.717, 1.165) is 41.1 Å². The minimum absolute atomic E-state index is 0.0347. The van der Waals surface area contributed by atoms with E-state index in [0.29, 0.717) is 25.6 Å². The Labute approximate surface area is 189 Å². The highest BCUT2D eigenvalue weighted by atomic mass is 16.6. The molecule has 1 saturated heterocycles. The highest BCUT2D eigenvalue weighted by Crippen LogP contribution is 2.28. The molecular formula is C25H32N4O3. The van der Waals surface area contributed by atoms with E-state index in [1.54, 1.807) is 26.0 Å². The molecule has 0 spiro atoms. The van der Waals surface area contributed by atoms with Crippen LogP contribution >= 0.6 is 0 Å². The number of hydrogen-bond acceptors (Lipinski definition) is 7. The lowest BCUT2D eigenvalue weighted by molar-refractivity contribution is -0.178. The summed E-state index contributed by atoms with van der Waals surface area (Å²) in [6, 6.07) is 2.03. The van der Waals surface area contributed by atoms with Crippen LogP contribution in [0.1, 0.15) is 38.1 Å². The Morgan fingerprint density at radius 3 is 2.69 bits per heavy atom. The zero-order valence-electron chi connectivity index (χ0n) is 19.1. The third-order valence-corrected chi connectivity index (χ3v) is 5.07. The summed E-state index contributed by atoms with van der Waals surface area (Å²) in [4.78, 5) is 16.6. The predicted molar refractivity (Wildman–Crippen MR) is 129 cm³/mol.